The molecule has 3 rings (SSSR count). The summed E-state index contributed by atoms with van der Waals surface area (Å²) in [5.74, 6) is 1.21. The zero-order valence-electron chi connectivity index (χ0n) is 15.8. The van der Waals surface area contributed by atoms with E-state index in [1.807, 2.05) is 6.07 Å². The van der Waals surface area contributed by atoms with Gasteiger partial charge in [-0.2, -0.15) is 0 Å². The van der Waals surface area contributed by atoms with Crippen molar-refractivity contribution < 1.29 is 9.53 Å². The first kappa shape index (κ1) is 19.2. The Morgan fingerprint density at radius 1 is 1.23 bits per heavy atom. The van der Waals surface area contributed by atoms with Crippen LogP contribution in [0.15, 0.2) is 18.5 Å². The van der Waals surface area contributed by atoms with Crippen LogP contribution in [-0.4, -0.2) is 78.2 Å². The first-order valence-electron chi connectivity index (χ1n) is 9.75. The average Bonchev–Trinajstić information content (AvgIpc) is 2.69. The number of hydrogen-bond acceptors (Lipinski definition) is 6. The molecule has 2 saturated heterocycles. The van der Waals surface area contributed by atoms with Crippen molar-refractivity contribution in [2.45, 2.75) is 38.3 Å². The van der Waals surface area contributed by atoms with Gasteiger partial charge in [-0.15, -0.1) is 0 Å². The van der Waals surface area contributed by atoms with Crippen LogP contribution in [0.5, 0.6) is 0 Å². The molecule has 0 saturated carbocycles. The van der Waals surface area contributed by atoms with Crippen LogP contribution in [0.2, 0.25) is 0 Å². The molecule has 0 aromatic carbocycles. The lowest BCUT2D eigenvalue weighted by Gasteiger charge is -2.41. The molecule has 0 spiro atoms. The minimum Gasteiger partial charge on any atom is -0.383 e. The number of nitrogens with one attached hydrogen (secondary N) is 1. The summed E-state index contributed by atoms with van der Waals surface area (Å²) in [5, 5.41) is 3.00. The predicted molar refractivity (Wildman–Crippen MR) is 99.5 cm³/mol. The minimum atomic E-state index is 0.122. The normalized spacial score (nSPS) is 23.0. The number of rotatable bonds is 7. The molecule has 2 aliphatic rings. The maximum atomic E-state index is 12.3. The summed E-state index contributed by atoms with van der Waals surface area (Å²) in [5.41, 5.74) is 0. The lowest BCUT2D eigenvalue weighted by Crippen LogP contribution is -2.50. The van der Waals surface area contributed by atoms with Crippen LogP contribution in [0.1, 0.15) is 31.5 Å². The highest BCUT2D eigenvalue weighted by atomic mass is 16.5. The predicted octanol–water partition coefficient (Wildman–Crippen LogP) is 0.916. The van der Waals surface area contributed by atoms with Crippen molar-refractivity contribution in [2.24, 2.45) is 5.92 Å². The summed E-state index contributed by atoms with van der Waals surface area (Å²) in [4.78, 5) is 26.0. The van der Waals surface area contributed by atoms with Gasteiger partial charge in [-0.1, -0.05) is 0 Å². The Hall–Kier alpha value is -1.57. The van der Waals surface area contributed by atoms with Crippen molar-refractivity contribution >= 4 is 5.91 Å². The largest absolute Gasteiger partial charge is 0.383 e. The van der Waals surface area contributed by atoms with Crippen molar-refractivity contribution in [2.75, 3.05) is 46.4 Å². The van der Waals surface area contributed by atoms with Gasteiger partial charge in [0.1, 0.15) is 5.82 Å². The summed E-state index contributed by atoms with van der Waals surface area (Å²) in [6.07, 6.45) is 8.04. The number of carbonyl (C=O) groups is 1. The smallest absolute Gasteiger partial charge is 0.224 e. The molecule has 7 nitrogen and oxygen atoms in total. The summed E-state index contributed by atoms with van der Waals surface area (Å²) < 4.78 is 5.01. The van der Waals surface area contributed by atoms with Gasteiger partial charge in [0.25, 0.3) is 0 Å². The first-order chi connectivity index (χ1) is 12.8. The number of carbonyl (C=O) groups excluding carboxylic acids is 1. The second-order valence-corrected chi connectivity index (χ2v) is 7.29. The van der Waals surface area contributed by atoms with Gasteiger partial charge in [0.05, 0.1) is 19.1 Å². The van der Waals surface area contributed by atoms with Crippen LogP contribution in [0.3, 0.4) is 0 Å². The number of methoxy groups -OCH3 is 1. The van der Waals surface area contributed by atoms with Gasteiger partial charge in [0.15, 0.2) is 0 Å². The molecule has 1 aromatic rings. The lowest BCUT2D eigenvalue weighted by atomic mass is 9.93. The Labute approximate surface area is 156 Å². The molecule has 0 aliphatic carbocycles. The Balaban J connectivity index is 1.43. The van der Waals surface area contributed by atoms with Crippen LogP contribution in [0, 0.1) is 5.92 Å². The minimum absolute atomic E-state index is 0.122. The molecule has 7 heteroatoms. The van der Waals surface area contributed by atoms with E-state index in [-0.39, 0.29) is 11.8 Å². The Kier molecular flexibility index (Phi) is 7.34. The van der Waals surface area contributed by atoms with Crippen molar-refractivity contribution in [1.29, 1.82) is 0 Å². The SMILES string of the molecule is COCCNC(=O)[C@H]1CCCN(C2CCN(Cc3ncccn3)CC2)C1. The second-order valence-electron chi connectivity index (χ2n) is 7.29. The molecule has 0 radical (unpaired) electrons. The summed E-state index contributed by atoms with van der Waals surface area (Å²) in [7, 11) is 1.66. The number of ether oxygens (including phenoxy) is 1. The van der Waals surface area contributed by atoms with Gasteiger partial charge in [-0.25, -0.2) is 9.97 Å². The fourth-order valence-electron chi connectivity index (χ4n) is 4.03. The molecule has 1 atom stereocenters. The Morgan fingerprint density at radius 3 is 2.73 bits per heavy atom. The van der Waals surface area contributed by atoms with Gasteiger partial charge < -0.3 is 10.1 Å². The van der Waals surface area contributed by atoms with Crippen molar-refractivity contribution in [3.05, 3.63) is 24.3 Å². The molecule has 26 heavy (non-hydrogen) atoms. The number of aromatic nitrogens is 2. The summed E-state index contributed by atoms with van der Waals surface area (Å²) in [6, 6.07) is 2.45. The van der Waals surface area contributed by atoms with E-state index in [0.29, 0.717) is 19.2 Å². The van der Waals surface area contributed by atoms with Crippen LogP contribution >= 0.6 is 0 Å². The van der Waals surface area contributed by atoms with Gasteiger partial charge in [-0.05, 0) is 38.3 Å². The molecular weight excluding hydrogens is 330 g/mol. The van der Waals surface area contributed by atoms with E-state index in [1.165, 1.54) is 0 Å². The zero-order valence-corrected chi connectivity index (χ0v) is 15.8. The lowest BCUT2D eigenvalue weighted by molar-refractivity contribution is -0.127. The van der Waals surface area contributed by atoms with Crippen LogP contribution in [0.4, 0.5) is 0 Å². The Morgan fingerprint density at radius 2 is 2.00 bits per heavy atom. The van der Waals surface area contributed by atoms with E-state index in [0.717, 1.165) is 64.2 Å². The number of likely N-dealkylation sites (tertiary alicyclic amines) is 2. The molecule has 1 aromatic heterocycles. The van der Waals surface area contributed by atoms with E-state index in [9.17, 15) is 4.79 Å². The van der Waals surface area contributed by atoms with Gasteiger partial charge in [-0.3, -0.25) is 14.6 Å². The van der Waals surface area contributed by atoms with Crippen molar-refractivity contribution in [3.8, 4) is 0 Å². The summed E-state index contributed by atoms with van der Waals surface area (Å²) in [6.45, 7) is 6.17. The number of hydrogen-bond donors (Lipinski definition) is 1. The van der Waals surface area contributed by atoms with Crippen molar-refractivity contribution in [3.63, 3.8) is 0 Å². The molecule has 1 amide bonds. The van der Waals surface area contributed by atoms with E-state index in [2.05, 4.69) is 25.1 Å². The van der Waals surface area contributed by atoms with Gasteiger partial charge in [0, 0.05) is 51.7 Å². The topological polar surface area (TPSA) is 70.6 Å². The first-order valence-corrected chi connectivity index (χ1v) is 9.75. The van der Waals surface area contributed by atoms with Gasteiger partial charge >= 0.3 is 0 Å². The van der Waals surface area contributed by atoms with Crippen LogP contribution in [-0.2, 0) is 16.1 Å². The molecule has 2 aliphatic heterocycles. The maximum absolute atomic E-state index is 12.3. The molecule has 0 unspecified atom stereocenters. The number of nitrogens with zero attached hydrogens (tertiary/aromatic N) is 4. The van der Waals surface area contributed by atoms with E-state index < -0.39 is 0 Å². The van der Waals surface area contributed by atoms with Crippen LogP contribution in [0.25, 0.3) is 0 Å². The van der Waals surface area contributed by atoms with Crippen molar-refractivity contribution in [1.82, 2.24) is 25.1 Å². The van der Waals surface area contributed by atoms with E-state index in [1.54, 1.807) is 19.5 Å². The fraction of sp³-hybridized carbons (Fsp3) is 0.737. The maximum Gasteiger partial charge on any atom is 0.224 e. The molecule has 0 bridgehead atoms. The van der Waals surface area contributed by atoms with E-state index >= 15 is 0 Å². The third kappa shape index (κ3) is 5.46. The monoisotopic (exact) mass is 361 g/mol. The average molecular weight is 361 g/mol. The van der Waals surface area contributed by atoms with E-state index in [4.69, 9.17) is 4.74 Å². The standard InChI is InChI=1S/C19H31N5O2/c1-26-13-9-22-19(25)16-4-2-10-24(14-16)17-5-11-23(12-6-17)15-18-20-7-3-8-21-18/h3,7-8,16-17H,2,4-6,9-15H2,1H3,(H,22,25)/t16-/m0/s1. The highest BCUT2D eigenvalue weighted by molar-refractivity contribution is 5.78. The van der Waals surface area contributed by atoms with Crippen LogP contribution < -0.4 is 5.32 Å². The summed E-state index contributed by atoms with van der Waals surface area (Å²) >= 11 is 0. The quantitative estimate of drug-likeness (QED) is 0.728. The molecule has 1 N–H and O–H groups in total. The number of amides is 1. The molecule has 144 valence electrons. The fourth-order valence-corrected chi connectivity index (χ4v) is 4.03. The highest BCUT2D eigenvalue weighted by Gasteiger charge is 2.31. The molecule has 2 fully saturated rings. The number of piperidine rings is 2. The van der Waals surface area contributed by atoms with Gasteiger partial charge in [0.2, 0.25) is 5.91 Å². The second kappa shape index (κ2) is 9.94. The highest BCUT2D eigenvalue weighted by Crippen LogP contribution is 2.24. The third-order valence-corrected chi connectivity index (χ3v) is 5.49. The molecular formula is C19H31N5O2. The third-order valence-electron chi connectivity index (χ3n) is 5.49. The zero-order chi connectivity index (χ0) is 18.2. The Bertz CT molecular complexity index is 548. The molecule has 3 heterocycles.